The molecule has 2 aromatic carbocycles. The van der Waals surface area contributed by atoms with E-state index in [9.17, 15) is 13.2 Å². The van der Waals surface area contributed by atoms with Gasteiger partial charge in [-0.25, -0.2) is 8.42 Å². The lowest BCUT2D eigenvalue weighted by atomic mass is 10.1. The first-order chi connectivity index (χ1) is 12.7. The van der Waals surface area contributed by atoms with Gasteiger partial charge in [0.05, 0.1) is 11.4 Å². The van der Waals surface area contributed by atoms with Gasteiger partial charge in [0.25, 0.3) is 0 Å². The molecule has 27 heavy (non-hydrogen) atoms. The fraction of sp³-hybridized carbons (Fsp3) is 0.250. The van der Waals surface area contributed by atoms with E-state index in [1.807, 2.05) is 13.0 Å². The summed E-state index contributed by atoms with van der Waals surface area (Å²) in [5.41, 5.74) is 2.98. The molecule has 0 bridgehead atoms. The number of benzene rings is 2. The second-order valence-electron chi connectivity index (χ2n) is 6.68. The smallest absolute Gasteiger partial charge is 0.225 e. The van der Waals surface area contributed by atoms with E-state index in [1.54, 1.807) is 30.0 Å². The lowest BCUT2D eigenvalue weighted by Gasteiger charge is -2.14. The molecule has 7 heteroatoms. The van der Waals surface area contributed by atoms with Crippen molar-refractivity contribution < 1.29 is 13.2 Å². The molecular formula is C20H20ClNO3S2. The van der Waals surface area contributed by atoms with Gasteiger partial charge in [-0.3, -0.25) is 4.79 Å². The van der Waals surface area contributed by atoms with Crippen LogP contribution in [0.4, 0.5) is 5.69 Å². The molecule has 1 unspecified atom stereocenters. The van der Waals surface area contributed by atoms with Crippen molar-refractivity contribution >= 4 is 44.8 Å². The third kappa shape index (κ3) is 5.37. The van der Waals surface area contributed by atoms with Gasteiger partial charge in [-0.05, 0) is 43.7 Å². The van der Waals surface area contributed by atoms with E-state index in [4.69, 9.17) is 11.6 Å². The van der Waals surface area contributed by atoms with Crippen LogP contribution in [0.15, 0.2) is 57.7 Å². The molecule has 0 radical (unpaired) electrons. The molecule has 0 saturated carbocycles. The summed E-state index contributed by atoms with van der Waals surface area (Å²) in [6.45, 7) is 4.10. The van der Waals surface area contributed by atoms with E-state index in [-0.39, 0.29) is 24.0 Å². The lowest BCUT2D eigenvalue weighted by Crippen LogP contribution is -2.18. The number of aryl methyl sites for hydroxylation is 2. The lowest BCUT2D eigenvalue weighted by molar-refractivity contribution is -0.116. The van der Waals surface area contributed by atoms with Crippen molar-refractivity contribution in [2.45, 2.75) is 30.1 Å². The summed E-state index contributed by atoms with van der Waals surface area (Å²) in [5, 5.41) is 4.60. The van der Waals surface area contributed by atoms with E-state index < -0.39 is 9.84 Å². The number of anilines is 1. The zero-order valence-electron chi connectivity index (χ0n) is 15.0. The average Bonchev–Trinajstić information content (AvgIpc) is 2.90. The van der Waals surface area contributed by atoms with Crippen LogP contribution in [-0.2, 0) is 14.6 Å². The van der Waals surface area contributed by atoms with Gasteiger partial charge in [0.15, 0.2) is 9.84 Å². The summed E-state index contributed by atoms with van der Waals surface area (Å²) in [5.74, 6) is -0.531. The number of carbonyl (C=O) groups excluding carboxylic acids is 1. The highest BCUT2D eigenvalue weighted by Crippen LogP contribution is 2.37. The Kier molecular flexibility index (Phi) is 5.99. The molecule has 2 aromatic rings. The van der Waals surface area contributed by atoms with Crippen LogP contribution in [-0.4, -0.2) is 20.1 Å². The Labute approximate surface area is 168 Å². The Hall–Kier alpha value is -1.76. The number of hydrogen-bond donors (Lipinski definition) is 1. The maximum absolute atomic E-state index is 12.4. The zero-order chi connectivity index (χ0) is 19.6. The maximum atomic E-state index is 12.4. The molecule has 4 nitrogen and oxygen atoms in total. The number of hydrogen-bond acceptors (Lipinski definition) is 4. The fourth-order valence-corrected chi connectivity index (χ4v) is 5.45. The van der Waals surface area contributed by atoms with Crippen LogP contribution in [0.5, 0.6) is 0 Å². The summed E-state index contributed by atoms with van der Waals surface area (Å²) < 4.78 is 23.0. The normalized spacial score (nSPS) is 17.8. The van der Waals surface area contributed by atoms with Gasteiger partial charge < -0.3 is 5.32 Å². The molecule has 1 aliphatic rings. The fourth-order valence-electron chi connectivity index (χ4n) is 2.93. The largest absolute Gasteiger partial charge is 0.325 e. The molecule has 0 aliphatic carbocycles. The van der Waals surface area contributed by atoms with E-state index in [0.29, 0.717) is 10.7 Å². The third-order valence-corrected chi connectivity index (χ3v) is 7.17. The molecular weight excluding hydrogens is 402 g/mol. The number of nitrogens with one attached hydrogen (secondary N) is 1. The van der Waals surface area contributed by atoms with Crippen molar-refractivity contribution in [3.05, 3.63) is 64.0 Å². The van der Waals surface area contributed by atoms with Crippen LogP contribution >= 0.6 is 23.4 Å². The predicted octanol–water partition coefficient (Wildman–Crippen LogP) is 4.99. The second-order valence-corrected chi connectivity index (χ2v) is 10.1. The van der Waals surface area contributed by atoms with E-state index >= 15 is 0 Å². The summed E-state index contributed by atoms with van der Waals surface area (Å²) in [7, 11) is -3.16. The van der Waals surface area contributed by atoms with E-state index in [0.717, 1.165) is 15.4 Å². The molecule has 1 atom stereocenters. The zero-order valence-corrected chi connectivity index (χ0v) is 17.4. The number of halogens is 1. The van der Waals surface area contributed by atoms with Crippen molar-refractivity contribution in [3.63, 3.8) is 0 Å². The van der Waals surface area contributed by atoms with Crippen molar-refractivity contribution in [2.75, 3.05) is 11.1 Å². The van der Waals surface area contributed by atoms with Gasteiger partial charge >= 0.3 is 0 Å². The van der Waals surface area contributed by atoms with Gasteiger partial charge in [-0.2, -0.15) is 0 Å². The minimum atomic E-state index is -3.16. The van der Waals surface area contributed by atoms with Crippen LogP contribution in [0.2, 0.25) is 5.02 Å². The van der Waals surface area contributed by atoms with Crippen LogP contribution in [0.25, 0.3) is 0 Å². The second kappa shape index (κ2) is 8.09. The predicted molar refractivity (Wildman–Crippen MR) is 111 cm³/mol. The van der Waals surface area contributed by atoms with Gasteiger partial charge in [0.2, 0.25) is 5.91 Å². The van der Waals surface area contributed by atoms with Gasteiger partial charge in [-0.15, -0.1) is 0 Å². The van der Waals surface area contributed by atoms with Crippen molar-refractivity contribution in [2.24, 2.45) is 5.92 Å². The third-order valence-electron chi connectivity index (χ3n) is 4.22. The molecule has 0 spiro atoms. The maximum Gasteiger partial charge on any atom is 0.225 e. The minimum Gasteiger partial charge on any atom is -0.325 e. The summed E-state index contributed by atoms with van der Waals surface area (Å²) >= 11 is 7.67. The number of sulfone groups is 1. The highest BCUT2D eigenvalue weighted by Gasteiger charge is 2.24. The van der Waals surface area contributed by atoms with Crippen LogP contribution in [0.3, 0.4) is 0 Å². The molecule has 3 rings (SSSR count). The first-order valence-corrected chi connectivity index (χ1v) is 11.4. The number of carbonyl (C=O) groups is 1. The Balaban J connectivity index is 1.76. The average molecular weight is 422 g/mol. The first-order valence-electron chi connectivity index (χ1n) is 8.47. The van der Waals surface area contributed by atoms with Gasteiger partial charge in [-0.1, -0.05) is 47.1 Å². The van der Waals surface area contributed by atoms with Crippen LogP contribution in [0.1, 0.15) is 17.5 Å². The van der Waals surface area contributed by atoms with Crippen molar-refractivity contribution in [3.8, 4) is 0 Å². The monoisotopic (exact) mass is 421 g/mol. The standard InChI is InChI=1S/C20H20ClNO3S2/c1-13-3-5-18(14(2)9-13)26-19-6-4-16(21)11-17(19)22-20(23)10-15-7-8-27(24,25)12-15/h3-9,11,15H,10,12H2,1-2H3,(H,22,23). The number of allylic oxidation sites excluding steroid dienone is 1. The van der Waals surface area contributed by atoms with E-state index in [2.05, 4.69) is 30.4 Å². The number of amides is 1. The van der Waals surface area contributed by atoms with Gasteiger partial charge in [0.1, 0.15) is 0 Å². The highest BCUT2D eigenvalue weighted by atomic mass is 35.5. The molecule has 1 heterocycles. The van der Waals surface area contributed by atoms with Crippen LogP contribution < -0.4 is 5.32 Å². The molecule has 1 aliphatic heterocycles. The summed E-state index contributed by atoms with van der Waals surface area (Å²) in [6, 6.07) is 11.6. The summed E-state index contributed by atoms with van der Waals surface area (Å²) in [4.78, 5) is 14.4. The molecule has 142 valence electrons. The molecule has 1 amide bonds. The molecule has 1 N–H and O–H groups in total. The quantitative estimate of drug-likeness (QED) is 0.738. The van der Waals surface area contributed by atoms with Crippen molar-refractivity contribution in [1.29, 1.82) is 0 Å². The van der Waals surface area contributed by atoms with Crippen molar-refractivity contribution in [1.82, 2.24) is 0 Å². The van der Waals surface area contributed by atoms with Crippen LogP contribution in [0, 0.1) is 19.8 Å². The Morgan fingerprint density at radius 1 is 1.19 bits per heavy atom. The SMILES string of the molecule is Cc1ccc(Sc2ccc(Cl)cc2NC(=O)CC2C=CS(=O)(=O)C2)c(C)c1. The first kappa shape index (κ1) is 20.0. The Bertz CT molecular complexity index is 1020. The Morgan fingerprint density at radius 3 is 2.59 bits per heavy atom. The summed E-state index contributed by atoms with van der Waals surface area (Å²) in [6.07, 6.45) is 1.70. The van der Waals surface area contributed by atoms with E-state index in [1.165, 1.54) is 11.0 Å². The minimum absolute atomic E-state index is 0.0138. The molecule has 0 fully saturated rings. The highest BCUT2D eigenvalue weighted by molar-refractivity contribution is 7.99. The Morgan fingerprint density at radius 2 is 1.93 bits per heavy atom. The topological polar surface area (TPSA) is 63.2 Å². The molecule has 0 aromatic heterocycles. The van der Waals surface area contributed by atoms with Gasteiger partial charge in [0, 0.05) is 32.6 Å². The molecule has 0 saturated heterocycles. The number of rotatable bonds is 5.